The van der Waals surface area contributed by atoms with E-state index in [1.54, 1.807) is 22.0 Å². The van der Waals surface area contributed by atoms with E-state index in [0.29, 0.717) is 70.2 Å². The Hall–Kier alpha value is -3.25. The quantitative estimate of drug-likeness (QED) is 0.296. The highest BCUT2D eigenvalue weighted by molar-refractivity contribution is 6.03. The summed E-state index contributed by atoms with van der Waals surface area (Å²) in [6.45, 7) is 16.4. The van der Waals surface area contributed by atoms with Crippen molar-refractivity contribution in [3.8, 4) is 5.75 Å². The van der Waals surface area contributed by atoms with Crippen molar-refractivity contribution in [2.45, 2.75) is 50.4 Å². The van der Waals surface area contributed by atoms with Crippen LogP contribution in [0.2, 0.25) is 0 Å². The van der Waals surface area contributed by atoms with Gasteiger partial charge in [0, 0.05) is 51.5 Å². The van der Waals surface area contributed by atoms with Crippen molar-refractivity contribution in [1.82, 2.24) is 14.7 Å². The van der Waals surface area contributed by atoms with Crippen molar-refractivity contribution in [3.05, 3.63) is 49.6 Å². The number of aliphatic hydroxyl groups is 1. The van der Waals surface area contributed by atoms with E-state index in [2.05, 4.69) is 18.1 Å². The Kier molecular flexibility index (Phi) is 10.3. The van der Waals surface area contributed by atoms with Gasteiger partial charge in [-0.05, 0) is 50.5 Å². The minimum absolute atomic E-state index is 0.0163. The number of aliphatic hydroxyl groups excluding tert-OH is 1. The van der Waals surface area contributed by atoms with Crippen LogP contribution < -0.4 is 9.64 Å². The van der Waals surface area contributed by atoms with E-state index in [4.69, 9.17) is 14.2 Å². The number of carbonyl (C=O) groups is 3. The average molecular weight is 625 g/mol. The normalized spacial score (nSPS) is 29.0. The molecule has 0 aromatic heterocycles. The van der Waals surface area contributed by atoms with Crippen LogP contribution in [0.3, 0.4) is 0 Å². The lowest BCUT2D eigenvalue weighted by Crippen LogP contribution is -2.57. The van der Waals surface area contributed by atoms with Gasteiger partial charge in [-0.1, -0.05) is 19.1 Å². The van der Waals surface area contributed by atoms with Crippen LogP contribution in [0.4, 0.5) is 5.69 Å². The number of β-amino-alcohol motifs (C(OH)–C–C–N with tert-alkyl or cyclic N) is 1. The van der Waals surface area contributed by atoms with Gasteiger partial charge < -0.3 is 34.0 Å². The molecule has 0 aliphatic carbocycles. The van der Waals surface area contributed by atoms with Gasteiger partial charge in [0.1, 0.15) is 17.4 Å². The van der Waals surface area contributed by atoms with Crippen LogP contribution >= 0.6 is 0 Å². The molecule has 246 valence electrons. The third-order valence-electron chi connectivity index (χ3n) is 10.0. The molecule has 2 unspecified atom stereocenters. The highest BCUT2D eigenvalue weighted by Crippen LogP contribution is 2.64. The molecule has 4 heterocycles. The van der Waals surface area contributed by atoms with Gasteiger partial charge in [0.05, 0.1) is 43.9 Å². The molecular formula is C34H48N4O7. The van der Waals surface area contributed by atoms with Crippen molar-refractivity contribution >= 4 is 23.4 Å². The predicted molar refractivity (Wildman–Crippen MR) is 170 cm³/mol. The minimum atomic E-state index is -1.17. The molecule has 11 heteroatoms. The fourth-order valence-corrected chi connectivity index (χ4v) is 7.94. The third-order valence-corrected chi connectivity index (χ3v) is 10.0. The van der Waals surface area contributed by atoms with Gasteiger partial charge in [0.15, 0.2) is 0 Å². The molecule has 0 radical (unpaired) electrons. The molecule has 1 aromatic carbocycles. The van der Waals surface area contributed by atoms with Gasteiger partial charge in [0.25, 0.3) is 0 Å². The zero-order chi connectivity index (χ0) is 32.2. The second-order valence-corrected chi connectivity index (χ2v) is 12.3. The zero-order valence-electron chi connectivity index (χ0n) is 26.7. The summed E-state index contributed by atoms with van der Waals surface area (Å²) in [4.78, 5) is 50.7. The van der Waals surface area contributed by atoms with Gasteiger partial charge in [-0.25, -0.2) is 0 Å². The van der Waals surface area contributed by atoms with Crippen molar-refractivity contribution < 1.29 is 33.7 Å². The molecule has 2 bridgehead atoms. The number of rotatable bonds is 15. The van der Waals surface area contributed by atoms with Crippen LogP contribution in [0.25, 0.3) is 0 Å². The molecule has 4 aliphatic rings. The van der Waals surface area contributed by atoms with Gasteiger partial charge in [-0.2, -0.15) is 0 Å². The number of ether oxygens (including phenoxy) is 3. The van der Waals surface area contributed by atoms with Crippen molar-refractivity contribution in [3.63, 3.8) is 0 Å². The largest absolute Gasteiger partial charge is 0.494 e. The van der Waals surface area contributed by atoms with E-state index >= 15 is 0 Å². The molecule has 4 fully saturated rings. The summed E-state index contributed by atoms with van der Waals surface area (Å²) >= 11 is 0. The molecule has 1 N–H and O–H groups in total. The topological polar surface area (TPSA) is 112 Å². The number of likely N-dealkylation sites (tertiary alicyclic amines) is 1. The Morgan fingerprint density at radius 2 is 1.78 bits per heavy atom. The molecule has 5 rings (SSSR count). The summed E-state index contributed by atoms with van der Waals surface area (Å²) in [6, 6.07) is 6.35. The highest BCUT2D eigenvalue weighted by atomic mass is 16.5. The van der Waals surface area contributed by atoms with Crippen molar-refractivity contribution in [2.24, 2.45) is 11.8 Å². The molecule has 5 atom stereocenters. The second-order valence-electron chi connectivity index (χ2n) is 12.3. The summed E-state index contributed by atoms with van der Waals surface area (Å²) < 4.78 is 18.0. The van der Waals surface area contributed by atoms with Crippen LogP contribution in [0, 0.1) is 11.8 Å². The number of hydrogen-bond acceptors (Lipinski definition) is 8. The van der Waals surface area contributed by atoms with Crippen LogP contribution in [0.15, 0.2) is 49.6 Å². The Bertz CT molecular complexity index is 1250. The average Bonchev–Trinajstić information content (AvgIpc) is 3.66. The fraction of sp³-hybridized carbons (Fsp3) is 0.618. The van der Waals surface area contributed by atoms with Crippen LogP contribution in [-0.4, -0.2) is 127 Å². The number of carbonyl (C=O) groups excluding carboxylic acids is 3. The monoisotopic (exact) mass is 624 g/mol. The Morgan fingerprint density at radius 3 is 2.40 bits per heavy atom. The van der Waals surface area contributed by atoms with Crippen LogP contribution in [0.1, 0.15) is 33.1 Å². The Morgan fingerprint density at radius 1 is 1.07 bits per heavy atom. The number of fused-ring (bicyclic) bond motifs is 1. The maximum absolute atomic E-state index is 14.7. The second kappa shape index (κ2) is 14.0. The molecule has 4 aliphatic heterocycles. The molecule has 1 spiro atoms. The highest BCUT2D eigenvalue weighted by Gasteiger charge is 2.79. The summed E-state index contributed by atoms with van der Waals surface area (Å²) in [5.74, 6) is -1.72. The third kappa shape index (κ3) is 5.91. The van der Waals surface area contributed by atoms with E-state index < -0.39 is 29.1 Å². The van der Waals surface area contributed by atoms with E-state index in [-0.39, 0.29) is 37.4 Å². The summed E-state index contributed by atoms with van der Waals surface area (Å²) in [5, 5.41) is 10.0. The maximum atomic E-state index is 14.7. The number of amides is 3. The number of anilines is 1. The lowest BCUT2D eigenvalue weighted by molar-refractivity contribution is -0.153. The number of benzene rings is 1. The lowest BCUT2D eigenvalue weighted by atomic mass is 9.64. The fourth-order valence-electron chi connectivity index (χ4n) is 7.94. The first-order valence-corrected chi connectivity index (χ1v) is 16.3. The van der Waals surface area contributed by atoms with Gasteiger partial charge in [-0.15, -0.1) is 13.2 Å². The molecule has 3 amide bonds. The summed E-state index contributed by atoms with van der Waals surface area (Å²) in [5.41, 5.74) is -1.39. The Balaban J connectivity index is 1.49. The standard InChI is InChI=1S/C34H48N4O7/c1-5-15-36(18-17-35-20-23-43-24-21-35)32(42)29-34-14-13-33(7-3,45-34)27(28(34)31(41)38(29)19-22-39)30(40)37(16-6-2)25-9-11-26(12-10-25)44-8-4/h5-6,9-12,27-29,39H,1-2,7-8,13-24H2,3-4H3/t27-,28-,29?,33+,34?/m0/s1. The minimum Gasteiger partial charge on any atom is -0.494 e. The first-order valence-electron chi connectivity index (χ1n) is 16.3. The number of hydrogen-bond donors (Lipinski definition) is 1. The first kappa shape index (κ1) is 33.1. The molecule has 0 saturated carbocycles. The summed E-state index contributed by atoms with van der Waals surface area (Å²) in [7, 11) is 0. The van der Waals surface area contributed by atoms with E-state index in [9.17, 15) is 19.5 Å². The SMILES string of the molecule is C=CCN(CCN1CCOCC1)C(=O)C1N(CCO)C(=O)[C@@H]2[C@@H](C(=O)N(CC=C)c3ccc(OCC)cc3)[C@@]3(CC)CCC12O3. The first-order chi connectivity index (χ1) is 21.8. The van der Waals surface area contributed by atoms with Crippen LogP contribution in [-0.2, 0) is 23.9 Å². The van der Waals surface area contributed by atoms with E-state index in [0.717, 1.165) is 13.1 Å². The molecule has 1 aromatic rings. The Labute approximate surface area is 266 Å². The van der Waals surface area contributed by atoms with Crippen molar-refractivity contribution in [2.75, 3.05) is 77.1 Å². The van der Waals surface area contributed by atoms with Gasteiger partial charge in [0.2, 0.25) is 17.7 Å². The molecular weight excluding hydrogens is 576 g/mol. The number of nitrogens with zero attached hydrogens (tertiary/aromatic N) is 4. The molecule has 4 saturated heterocycles. The van der Waals surface area contributed by atoms with E-state index in [1.807, 2.05) is 38.1 Å². The number of morpholine rings is 1. The van der Waals surface area contributed by atoms with Crippen LogP contribution in [0.5, 0.6) is 5.75 Å². The summed E-state index contributed by atoms with van der Waals surface area (Å²) in [6.07, 6.45) is 4.92. The van der Waals surface area contributed by atoms with Gasteiger partial charge >= 0.3 is 0 Å². The zero-order valence-corrected chi connectivity index (χ0v) is 26.7. The van der Waals surface area contributed by atoms with E-state index in [1.165, 1.54) is 4.90 Å². The lowest BCUT2D eigenvalue weighted by Gasteiger charge is -2.37. The smallest absolute Gasteiger partial charge is 0.248 e. The molecule has 11 nitrogen and oxygen atoms in total. The maximum Gasteiger partial charge on any atom is 0.248 e. The predicted octanol–water partition coefficient (Wildman–Crippen LogP) is 2.10. The molecule has 45 heavy (non-hydrogen) atoms. The van der Waals surface area contributed by atoms with Gasteiger partial charge in [-0.3, -0.25) is 19.3 Å². The van der Waals surface area contributed by atoms with Crippen molar-refractivity contribution in [1.29, 1.82) is 0 Å².